The normalized spacial score (nSPS) is 21.1. The Bertz CT molecular complexity index is 1190. The number of nitrogens with zero attached hydrogens (tertiary/aromatic N) is 5. The van der Waals surface area contributed by atoms with E-state index in [-0.39, 0.29) is 43.5 Å². The first-order valence-corrected chi connectivity index (χ1v) is 15.0. The van der Waals surface area contributed by atoms with Gasteiger partial charge in [0.2, 0.25) is 15.9 Å². The first-order valence-electron chi connectivity index (χ1n) is 13.4. The predicted octanol–water partition coefficient (Wildman–Crippen LogP) is 3.05. The summed E-state index contributed by atoms with van der Waals surface area (Å²) in [5, 5.41) is 8.38. The summed E-state index contributed by atoms with van der Waals surface area (Å²) in [6.07, 6.45) is 8.53. The maximum absolute atomic E-state index is 13.7. The number of hydrogen-bond acceptors (Lipinski definition) is 7. The summed E-state index contributed by atoms with van der Waals surface area (Å²) in [7, 11) is -3.66. The number of benzene rings is 1. The number of aryl methyl sites for hydroxylation is 1. The predicted molar refractivity (Wildman–Crippen MR) is 144 cm³/mol. The van der Waals surface area contributed by atoms with Gasteiger partial charge in [0, 0.05) is 26.1 Å². The van der Waals surface area contributed by atoms with Crippen LogP contribution in [0.25, 0.3) is 6.08 Å². The van der Waals surface area contributed by atoms with Gasteiger partial charge in [-0.05, 0) is 23.5 Å². The Morgan fingerprint density at radius 2 is 1.87 bits per heavy atom. The van der Waals surface area contributed by atoms with Crippen LogP contribution in [0.15, 0.2) is 36.5 Å². The fourth-order valence-electron chi connectivity index (χ4n) is 4.74. The molecule has 2 fully saturated rings. The van der Waals surface area contributed by atoms with Crippen LogP contribution in [0.3, 0.4) is 0 Å². The van der Waals surface area contributed by atoms with Crippen LogP contribution in [0.1, 0.15) is 56.9 Å². The van der Waals surface area contributed by atoms with Gasteiger partial charge in [0.05, 0.1) is 31.7 Å². The van der Waals surface area contributed by atoms with Gasteiger partial charge in [-0.1, -0.05) is 68.8 Å². The number of aromatic nitrogens is 3. The average molecular weight is 546 g/mol. The van der Waals surface area contributed by atoms with Gasteiger partial charge in [0.25, 0.3) is 0 Å². The number of carbonyl (C=O) groups is 1. The van der Waals surface area contributed by atoms with Gasteiger partial charge < -0.3 is 14.4 Å². The summed E-state index contributed by atoms with van der Waals surface area (Å²) in [6.45, 7) is 8.17. The van der Waals surface area contributed by atoms with Crippen molar-refractivity contribution in [1.29, 1.82) is 0 Å². The second-order valence-corrected chi connectivity index (χ2v) is 12.2. The monoisotopic (exact) mass is 545 g/mol. The minimum Gasteiger partial charge on any atom is -0.350 e. The summed E-state index contributed by atoms with van der Waals surface area (Å²) in [5.41, 5.74) is 2.54. The standard InChI is InChI=1S/C27H39N5O5S/c1-4-5-6-7-22-8-10-23(11-9-22)18-32-26(21(2)3)27(33)30(14-17-38(32,34)35)19-24-20-31(29-28-24)13-12-25-36-15-16-37-25/h6-11,20-21,25-26H,4-5,12-19H2,1-3H3/b7-6+. The molecule has 1 unspecified atom stereocenters. The van der Waals surface area contributed by atoms with E-state index in [0.29, 0.717) is 31.9 Å². The van der Waals surface area contributed by atoms with E-state index in [1.54, 1.807) is 15.8 Å². The fourth-order valence-corrected chi connectivity index (χ4v) is 6.45. The van der Waals surface area contributed by atoms with Crippen molar-refractivity contribution in [3.8, 4) is 0 Å². The molecule has 1 aromatic carbocycles. The molecule has 2 aromatic rings. The van der Waals surface area contributed by atoms with Gasteiger partial charge in [0.15, 0.2) is 6.29 Å². The Labute approximate surface area is 225 Å². The number of allylic oxidation sites excluding steroid dienone is 1. The highest BCUT2D eigenvalue weighted by atomic mass is 32.2. The van der Waals surface area contributed by atoms with Gasteiger partial charge in [-0.3, -0.25) is 9.48 Å². The smallest absolute Gasteiger partial charge is 0.241 e. The molecule has 1 atom stereocenters. The van der Waals surface area contributed by atoms with E-state index in [1.165, 1.54) is 4.31 Å². The van der Waals surface area contributed by atoms with E-state index in [2.05, 4.69) is 29.4 Å². The highest BCUT2D eigenvalue weighted by Gasteiger charge is 2.42. The number of amides is 1. The van der Waals surface area contributed by atoms with Crippen molar-refractivity contribution in [2.24, 2.45) is 5.92 Å². The molecule has 38 heavy (non-hydrogen) atoms. The zero-order valence-electron chi connectivity index (χ0n) is 22.5. The highest BCUT2D eigenvalue weighted by Crippen LogP contribution is 2.25. The molecule has 1 aromatic heterocycles. The number of rotatable bonds is 11. The largest absolute Gasteiger partial charge is 0.350 e. The van der Waals surface area contributed by atoms with Crippen molar-refractivity contribution < 1.29 is 22.7 Å². The van der Waals surface area contributed by atoms with Gasteiger partial charge in [0.1, 0.15) is 11.7 Å². The van der Waals surface area contributed by atoms with E-state index >= 15 is 0 Å². The lowest BCUT2D eigenvalue weighted by atomic mass is 10.0. The van der Waals surface area contributed by atoms with Crippen LogP contribution in [0, 0.1) is 5.92 Å². The zero-order valence-corrected chi connectivity index (χ0v) is 23.3. The first kappa shape index (κ1) is 28.4. The van der Waals surface area contributed by atoms with E-state index in [9.17, 15) is 13.2 Å². The Morgan fingerprint density at radius 1 is 1.13 bits per heavy atom. The second kappa shape index (κ2) is 13.0. The Kier molecular flexibility index (Phi) is 9.69. The molecule has 0 radical (unpaired) electrons. The maximum Gasteiger partial charge on any atom is 0.241 e. The van der Waals surface area contributed by atoms with E-state index in [0.717, 1.165) is 24.0 Å². The van der Waals surface area contributed by atoms with E-state index in [1.807, 2.05) is 38.1 Å². The van der Waals surface area contributed by atoms with Crippen LogP contribution in [0.5, 0.6) is 0 Å². The summed E-state index contributed by atoms with van der Waals surface area (Å²) in [4.78, 5) is 15.3. The van der Waals surface area contributed by atoms with Crippen molar-refractivity contribution >= 4 is 22.0 Å². The summed E-state index contributed by atoms with van der Waals surface area (Å²) < 4.78 is 40.8. The minimum atomic E-state index is -3.66. The molecular weight excluding hydrogens is 506 g/mol. The molecule has 2 aliphatic heterocycles. The van der Waals surface area contributed by atoms with Crippen LogP contribution in [0.2, 0.25) is 0 Å². The molecular formula is C27H39N5O5S. The summed E-state index contributed by atoms with van der Waals surface area (Å²) in [6, 6.07) is 7.05. The van der Waals surface area contributed by atoms with Gasteiger partial charge in [-0.2, -0.15) is 4.31 Å². The zero-order chi connectivity index (χ0) is 27.1. The number of sulfonamides is 1. The van der Waals surface area contributed by atoms with Crippen LogP contribution in [-0.2, 0) is 43.9 Å². The third-order valence-electron chi connectivity index (χ3n) is 6.79. The highest BCUT2D eigenvalue weighted by molar-refractivity contribution is 7.89. The number of unbranched alkanes of at least 4 members (excludes halogenated alkanes) is 1. The number of hydrogen-bond donors (Lipinski definition) is 0. The lowest BCUT2D eigenvalue weighted by molar-refractivity contribution is -0.136. The van der Waals surface area contributed by atoms with Gasteiger partial charge >= 0.3 is 0 Å². The molecule has 0 saturated carbocycles. The summed E-state index contributed by atoms with van der Waals surface area (Å²) in [5.74, 6) is -0.539. The Balaban J connectivity index is 1.46. The number of ether oxygens (including phenoxy) is 2. The summed E-state index contributed by atoms with van der Waals surface area (Å²) >= 11 is 0. The SMILES string of the molecule is CCC/C=C/c1ccc(CN2C(C(C)C)C(=O)N(Cc3cn(CCC4OCCO4)nn3)CCS2(=O)=O)cc1. The quantitative estimate of drug-likeness (QED) is 0.427. The van der Waals surface area contributed by atoms with E-state index < -0.39 is 16.1 Å². The number of carbonyl (C=O) groups excluding carboxylic acids is 1. The molecule has 0 aliphatic carbocycles. The molecule has 0 spiro atoms. The molecule has 1 amide bonds. The van der Waals surface area contributed by atoms with Crippen molar-refractivity contribution in [2.75, 3.05) is 25.5 Å². The molecule has 2 aliphatic rings. The van der Waals surface area contributed by atoms with Crippen LogP contribution in [-0.4, -0.2) is 76.4 Å². The van der Waals surface area contributed by atoms with E-state index in [4.69, 9.17) is 9.47 Å². The Morgan fingerprint density at radius 3 is 2.55 bits per heavy atom. The third-order valence-corrected chi connectivity index (χ3v) is 8.56. The van der Waals surface area contributed by atoms with Crippen LogP contribution >= 0.6 is 0 Å². The molecule has 208 valence electrons. The van der Waals surface area contributed by atoms with Crippen molar-refractivity contribution in [3.05, 3.63) is 53.4 Å². The van der Waals surface area contributed by atoms with Crippen LogP contribution in [0.4, 0.5) is 0 Å². The minimum absolute atomic E-state index is 0.110. The molecule has 0 N–H and O–H groups in total. The molecule has 11 heteroatoms. The lowest BCUT2D eigenvalue weighted by Crippen LogP contribution is -2.49. The molecule has 10 nitrogen and oxygen atoms in total. The van der Waals surface area contributed by atoms with Crippen LogP contribution < -0.4 is 0 Å². The first-order chi connectivity index (χ1) is 18.3. The lowest BCUT2D eigenvalue weighted by Gasteiger charge is -2.32. The third kappa shape index (κ3) is 7.28. The topological polar surface area (TPSA) is 107 Å². The van der Waals surface area contributed by atoms with Gasteiger partial charge in [-0.15, -0.1) is 5.10 Å². The fraction of sp³-hybridized carbons (Fsp3) is 0.593. The molecule has 2 saturated heterocycles. The van der Waals surface area contributed by atoms with Gasteiger partial charge in [-0.25, -0.2) is 8.42 Å². The van der Waals surface area contributed by atoms with Crippen molar-refractivity contribution in [1.82, 2.24) is 24.2 Å². The molecule has 4 rings (SSSR count). The Hall–Kier alpha value is -2.60. The molecule has 3 heterocycles. The van der Waals surface area contributed by atoms with Crippen molar-refractivity contribution in [3.63, 3.8) is 0 Å². The van der Waals surface area contributed by atoms with Crippen molar-refractivity contribution in [2.45, 2.75) is 72.0 Å². The average Bonchev–Trinajstić information content (AvgIpc) is 3.56. The maximum atomic E-state index is 13.7. The molecule has 0 bridgehead atoms. The second-order valence-electron chi connectivity index (χ2n) is 10.2.